The molecular weight excluding hydrogens is 200 g/mol. The molecule has 0 atom stereocenters. The third kappa shape index (κ3) is 4.52. The van der Waals surface area contributed by atoms with Gasteiger partial charge in [-0.1, -0.05) is 40.0 Å². The van der Waals surface area contributed by atoms with Crippen LogP contribution < -0.4 is 11.1 Å². The van der Waals surface area contributed by atoms with E-state index in [1.165, 1.54) is 0 Å². The van der Waals surface area contributed by atoms with E-state index in [4.69, 9.17) is 5.73 Å². The van der Waals surface area contributed by atoms with Crippen molar-refractivity contribution >= 4 is 5.91 Å². The summed E-state index contributed by atoms with van der Waals surface area (Å²) in [7, 11) is 0. The van der Waals surface area contributed by atoms with Gasteiger partial charge in [0.1, 0.15) is 0 Å². The number of carbonyl (C=O) groups is 1. The lowest BCUT2D eigenvalue weighted by Gasteiger charge is -2.30. The first kappa shape index (κ1) is 15.4. The minimum Gasteiger partial charge on any atom is -0.356 e. The smallest absolute Gasteiger partial charge is 0.227 e. The Labute approximate surface area is 100 Å². The molecule has 0 saturated carbocycles. The predicted molar refractivity (Wildman–Crippen MR) is 69.2 cm³/mol. The first-order chi connectivity index (χ1) is 7.66. The van der Waals surface area contributed by atoms with E-state index in [0.717, 1.165) is 45.1 Å². The zero-order chi connectivity index (χ0) is 12.4. The molecule has 3 N–H and O–H groups in total. The maximum atomic E-state index is 12.2. The standard InChI is InChI=1S/C13H28N2O/c1-4-7-10-15-12(16)13(11-14,8-5-2)9-6-3/h4-11,14H2,1-3H3,(H,15,16). The first-order valence-electron chi connectivity index (χ1n) is 6.65. The average molecular weight is 228 g/mol. The number of unbranched alkanes of at least 4 members (excludes halogenated alkanes) is 1. The number of nitrogens with one attached hydrogen (secondary N) is 1. The fraction of sp³-hybridized carbons (Fsp3) is 0.923. The Bertz CT molecular complexity index is 186. The van der Waals surface area contributed by atoms with Crippen molar-refractivity contribution < 1.29 is 4.79 Å². The SMILES string of the molecule is CCCCNC(=O)C(CN)(CCC)CCC. The monoisotopic (exact) mass is 228 g/mol. The Kier molecular flexibility index (Phi) is 8.26. The minimum atomic E-state index is -0.322. The molecule has 3 nitrogen and oxygen atoms in total. The van der Waals surface area contributed by atoms with Gasteiger partial charge in [0.05, 0.1) is 5.41 Å². The van der Waals surface area contributed by atoms with Crippen LogP contribution in [0.25, 0.3) is 0 Å². The quantitative estimate of drug-likeness (QED) is 0.596. The predicted octanol–water partition coefficient (Wildman–Crippen LogP) is 2.45. The van der Waals surface area contributed by atoms with Gasteiger partial charge in [-0.05, 0) is 19.3 Å². The lowest BCUT2D eigenvalue weighted by molar-refractivity contribution is -0.131. The number of nitrogens with two attached hydrogens (primary N) is 1. The highest BCUT2D eigenvalue weighted by Crippen LogP contribution is 2.28. The van der Waals surface area contributed by atoms with Gasteiger partial charge in [-0.2, -0.15) is 0 Å². The van der Waals surface area contributed by atoms with Crippen molar-refractivity contribution in [1.29, 1.82) is 0 Å². The van der Waals surface area contributed by atoms with Crippen molar-refractivity contribution in [3.8, 4) is 0 Å². The molecule has 96 valence electrons. The molecule has 16 heavy (non-hydrogen) atoms. The summed E-state index contributed by atoms with van der Waals surface area (Å²) in [5.41, 5.74) is 5.50. The summed E-state index contributed by atoms with van der Waals surface area (Å²) in [4.78, 5) is 12.2. The van der Waals surface area contributed by atoms with Crippen LogP contribution in [0.4, 0.5) is 0 Å². The van der Waals surface area contributed by atoms with E-state index in [9.17, 15) is 4.79 Å². The Morgan fingerprint density at radius 2 is 1.69 bits per heavy atom. The largest absolute Gasteiger partial charge is 0.356 e. The van der Waals surface area contributed by atoms with Crippen LogP contribution in [0.15, 0.2) is 0 Å². The highest BCUT2D eigenvalue weighted by molar-refractivity contribution is 5.82. The van der Waals surface area contributed by atoms with E-state index >= 15 is 0 Å². The summed E-state index contributed by atoms with van der Waals surface area (Å²) in [5.74, 6) is 0.159. The summed E-state index contributed by atoms with van der Waals surface area (Å²) >= 11 is 0. The van der Waals surface area contributed by atoms with Crippen molar-refractivity contribution in [3.63, 3.8) is 0 Å². The van der Waals surface area contributed by atoms with Crippen molar-refractivity contribution in [2.75, 3.05) is 13.1 Å². The molecule has 0 aromatic heterocycles. The van der Waals surface area contributed by atoms with E-state index in [2.05, 4.69) is 26.1 Å². The number of rotatable bonds is 9. The minimum absolute atomic E-state index is 0.159. The van der Waals surface area contributed by atoms with Crippen molar-refractivity contribution in [1.82, 2.24) is 5.32 Å². The zero-order valence-electron chi connectivity index (χ0n) is 11.1. The lowest BCUT2D eigenvalue weighted by atomic mass is 9.78. The summed E-state index contributed by atoms with van der Waals surface area (Å²) < 4.78 is 0. The fourth-order valence-electron chi connectivity index (χ4n) is 2.17. The average Bonchev–Trinajstić information content (AvgIpc) is 2.28. The summed E-state index contributed by atoms with van der Waals surface area (Å²) in [6.07, 6.45) is 5.98. The van der Waals surface area contributed by atoms with Gasteiger partial charge in [0, 0.05) is 13.1 Å². The van der Waals surface area contributed by atoms with E-state index in [1.807, 2.05) is 0 Å². The number of hydrogen-bond acceptors (Lipinski definition) is 2. The highest BCUT2D eigenvalue weighted by Gasteiger charge is 2.34. The van der Waals surface area contributed by atoms with E-state index in [1.54, 1.807) is 0 Å². The third-order valence-electron chi connectivity index (χ3n) is 3.15. The van der Waals surface area contributed by atoms with Crippen LogP contribution in [0.3, 0.4) is 0 Å². The van der Waals surface area contributed by atoms with Gasteiger partial charge in [0.25, 0.3) is 0 Å². The summed E-state index contributed by atoms with van der Waals surface area (Å²) in [6, 6.07) is 0. The Morgan fingerprint density at radius 1 is 1.12 bits per heavy atom. The maximum Gasteiger partial charge on any atom is 0.227 e. The van der Waals surface area contributed by atoms with E-state index in [0.29, 0.717) is 6.54 Å². The van der Waals surface area contributed by atoms with Gasteiger partial charge < -0.3 is 11.1 Å². The topological polar surface area (TPSA) is 55.1 Å². The van der Waals surface area contributed by atoms with Gasteiger partial charge in [-0.15, -0.1) is 0 Å². The van der Waals surface area contributed by atoms with Crippen LogP contribution in [0, 0.1) is 5.41 Å². The molecule has 0 radical (unpaired) electrons. The second kappa shape index (κ2) is 8.57. The van der Waals surface area contributed by atoms with Crippen LogP contribution in [0.1, 0.15) is 59.3 Å². The third-order valence-corrected chi connectivity index (χ3v) is 3.15. The van der Waals surface area contributed by atoms with Crippen LogP contribution in [-0.4, -0.2) is 19.0 Å². The molecule has 0 aromatic carbocycles. The molecule has 0 rings (SSSR count). The fourth-order valence-corrected chi connectivity index (χ4v) is 2.17. The molecule has 0 unspecified atom stereocenters. The molecule has 1 amide bonds. The van der Waals surface area contributed by atoms with Crippen molar-refractivity contribution in [2.24, 2.45) is 11.1 Å². The molecule has 0 aliphatic carbocycles. The summed E-state index contributed by atoms with van der Waals surface area (Å²) in [6.45, 7) is 7.59. The molecule has 0 saturated heterocycles. The molecule has 0 aromatic rings. The van der Waals surface area contributed by atoms with Crippen LogP contribution in [0.5, 0.6) is 0 Å². The Balaban J connectivity index is 4.40. The first-order valence-corrected chi connectivity index (χ1v) is 6.65. The molecular formula is C13H28N2O. The molecule has 0 aliphatic heterocycles. The number of carbonyl (C=O) groups excluding carboxylic acids is 1. The summed E-state index contributed by atoms with van der Waals surface area (Å²) in [5, 5.41) is 3.03. The normalized spacial score (nSPS) is 11.5. The van der Waals surface area contributed by atoms with Gasteiger partial charge >= 0.3 is 0 Å². The maximum absolute atomic E-state index is 12.2. The van der Waals surface area contributed by atoms with Gasteiger partial charge in [0.15, 0.2) is 0 Å². The van der Waals surface area contributed by atoms with Crippen molar-refractivity contribution in [2.45, 2.75) is 59.3 Å². The van der Waals surface area contributed by atoms with Crippen molar-refractivity contribution in [3.05, 3.63) is 0 Å². The Morgan fingerprint density at radius 3 is 2.06 bits per heavy atom. The van der Waals surface area contributed by atoms with Gasteiger partial charge in [-0.3, -0.25) is 4.79 Å². The zero-order valence-corrected chi connectivity index (χ0v) is 11.1. The molecule has 0 bridgehead atoms. The van der Waals surface area contributed by atoms with E-state index < -0.39 is 0 Å². The van der Waals surface area contributed by atoms with Gasteiger partial charge in [-0.25, -0.2) is 0 Å². The molecule has 0 aliphatic rings. The van der Waals surface area contributed by atoms with Crippen LogP contribution >= 0.6 is 0 Å². The van der Waals surface area contributed by atoms with E-state index in [-0.39, 0.29) is 11.3 Å². The van der Waals surface area contributed by atoms with Gasteiger partial charge in [0.2, 0.25) is 5.91 Å². The lowest BCUT2D eigenvalue weighted by Crippen LogP contribution is -2.46. The number of amides is 1. The molecule has 0 fully saturated rings. The molecule has 0 heterocycles. The number of hydrogen-bond donors (Lipinski definition) is 2. The van der Waals surface area contributed by atoms with Crippen LogP contribution in [-0.2, 0) is 4.79 Å². The highest BCUT2D eigenvalue weighted by atomic mass is 16.2. The van der Waals surface area contributed by atoms with Crippen LogP contribution in [0.2, 0.25) is 0 Å². The molecule has 3 heteroatoms. The second-order valence-electron chi connectivity index (χ2n) is 4.59. The molecule has 0 spiro atoms. The second-order valence-corrected chi connectivity index (χ2v) is 4.59. The Hall–Kier alpha value is -0.570.